The van der Waals surface area contributed by atoms with Crippen molar-refractivity contribution in [2.24, 2.45) is 0 Å². The van der Waals surface area contributed by atoms with Gasteiger partial charge >= 0.3 is 0 Å². The summed E-state index contributed by atoms with van der Waals surface area (Å²) < 4.78 is 2.60. The molecule has 2 aliphatic rings. The Balaban J connectivity index is 1.61. The van der Waals surface area contributed by atoms with Gasteiger partial charge in [0.2, 0.25) is 0 Å². The van der Waals surface area contributed by atoms with Crippen molar-refractivity contribution in [1.29, 1.82) is 0 Å². The highest BCUT2D eigenvalue weighted by molar-refractivity contribution is 7.99. The molecular formula is C31H17ClS2. The van der Waals surface area contributed by atoms with Crippen LogP contribution >= 0.6 is 34.7 Å². The molecule has 6 aromatic rings. The molecule has 0 bridgehead atoms. The number of rotatable bonds is 0. The van der Waals surface area contributed by atoms with Crippen molar-refractivity contribution in [2.45, 2.75) is 15.2 Å². The van der Waals surface area contributed by atoms with E-state index in [1.165, 1.54) is 63.3 Å². The van der Waals surface area contributed by atoms with Crippen molar-refractivity contribution in [3.8, 4) is 11.1 Å². The van der Waals surface area contributed by atoms with Crippen molar-refractivity contribution >= 4 is 54.9 Å². The topological polar surface area (TPSA) is 0 Å². The van der Waals surface area contributed by atoms with Crippen molar-refractivity contribution in [1.82, 2.24) is 0 Å². The molecular weight excluding hydrogens is 472 g/mol. The third kappa shape index (κ3) is 2.27. The minimum Gasteiger partial charge on any atom is -0.135 e. The normalized spacial score (nSPS) is 14.7. The van der Waals surface area contributed by atoms with Gasteiger partial charge in [0, 0.05) is 35.0 Å². The Bertz CT molecular complexity index is 1760. The summed E-state index contributed by atoms with van der Waals surface area (Å²) >= 11 is 10.3. The van der Waals surface area contributed by atoms with E-state index in [0.717, 1.165) is 5.02 Å². The average Bonchev–Trinajstić information content (AvgIpc) is 3.39. The van der Waals surface area contributed by atoms with Gasteiger partial charge in [0.25, 0.3) is 0 Å². The fraction of sp³-hybridized carbons (Fsp3) is 0.0323. The molecule has 0 amide bonds. The highest BCUT2D eigenvalue weighted by atomic mass is 35.5. The maximum absolute atomic E-state index is 6.49. The van der Waals surface area contributed by atoms with Gasteiger partial charge < -0.3 is 0 Å². The summed E-state index contributed by atoms with van der Waals surface area (Å²) in [5, 5.41) is 3.38. The van der Waals surface area contributed by atoms with E-state index >= 15 is 0 Å². The summed E-state index contributed by atoms with van der Waals surface area (Å²) in [5.74, 6) is 0. The summed E-state index contributed by atoms with van der Waals surface area (Å²) in [5.41, 5.74) is 7.85. The number of benzene rings is 5. The molecule has 0 N–H and O–H groups in total. The molecule has 0 unspecified atom stereocenters. The Hall–Kier alpha value is -3.04. The molecule has 0 saturated carbocycles. The lowest BCUT2D eigenvalue weighted by Gasteiger charge is -2.40. The first-order valence-electron chi connectivity index (χ1n) is 11.4. The zero-order valence-corrected chi connectivity index (χ0v) is 20.4. The van der Waals surface area contributed by atoms with Gasteiger partial charge in [-0.3, -0.25) is 0 Å². The second-order valence-electron chi connectivity index (χ2n) is 9.00. The first-order chi connectivity index (χ1) is 16.8. The van der Waals surface area contributed by atoms with Crippen LogP contribution in [0.15, 0.2) is 113 Å². The van der Waals surface area contributed by atoms with E-state index in [-0.39, 0.29) is 5.41 Å². The monoisotopic (exact) mass is 488 g/mol. The fourth-order valence-electron chi connectivity index (χ4n) is 6.15. The standard InChI is InChI=1S/C31H17ClS2/c32-18-13-15-26-21(17-18)29-28(33-26)16-14-25-30(29)34-27-12-6-5-11-24(27)31(25)22-9-3-1-7-19(22)20-8-2-4-10-23(20)31/h1-17H. The molecule has 2 heterocycles. The summed E-state index contributed by atoms with van der Waals surface area (Å²) in [6, 6.07) is 37.9. The molecule has 0 nitrogen and oxygen atoms in total. The van der Waals surface area contributed by atoms with E-state index in [1.54, 1.807) is 0 Å². The summed E-state index contributed by atoms with van der Waals surface area (Å²) in [7, 11) is 0. The Morgan fingerprint density at radius 2 is 1.24 bits per heavy atom. The Morgan fingerprint density at radius 3 is 2.00 bits per heavy atom. The van der Waals surface area contributed by atoms with Gasteiger partial charge in [0.1, 0.15) is 0 Å². The van der Waals surface area contributed by atoms with E-state index in [2.05, 4.69) is 97.1 Å². The highest BCUT2D eigenvalue weighted by Crippen LogP contribution is 2.63. The van der Waals surface area contributed by atoms with Crippen LogP contribution in [0.5, 0.6) is 0 Å². The molecule has 8 rings (SSSR count). The molecule has 1 aliphatic heterocycles. The summed E-state index contributed by atoms with van der Waals surface area (Å²) in [6.45, 7) is 0. The van der Waals surface area contributed by atoms with Crippen molar-refractivity contribution in [2.75, 3.05) is 0 Å². The van der Waals surface area contributed by atoms with Crippen LogP contribution in [0, 0.1) is 0 Å². The molecule has 0 fully saturated rings. The lowest BCUT2D eigenvalue weighted by Crippen LogP contribution is -2.31. The van der Waals surface area contributed by atoms with Gasteiger partial charge in [0.05, 0.1) is 5.41 Å². The van der Waals surface area contributed by atoms with E-state index < -0.39 is 0 Å². The zero-order chi connectivity index (χ0) is 22.4. The second kappa shape index (κ2) is 6.76. The van der Waals surface area contributed by atoms with E-state index in [1.807, 2.05) is 29.2 Å². The number of hydrogen-bond acceptors (Lipinski definition) is 2. The number of fused-ring (bicyclic) bond motifs is 13. The number of halogens is 1. The molecule has 160 valence electrons. The lowest BCUT2D eigenvalue weighted by molar-refractivity contribution is 0.726. The Kier molecular flexibility index (Phi) is 3.84. The van der Waals surface area contributed by atoms with Gasteiger partial charge in [-0.15, -0.1) is 11.3 Å². The van der Waals surface area contributed by atoms with Gasteiger partial charge in [0.15, 0.2) is 0 Å². The van der Waals surface area contributed by atoms with Gasteiger partial charge in [-0.25, -0.2) is 0 Å². The second-order valence-corrected chi connectivity index (χ2v) is 11.6. The predicted octanol–water partition coefficient (Wildman–Crippen LogP) is 9.54. The first kappa shape index (κ1) is 19.3. The largest absolute Gasteiger partial charge is 0.135 e. The van der Waals surface area contributed by atoms with E-state index in [4.69, 9.17) is 11.6 Å². The summed E-state index contributed by atoms with van der Waals surface area (Å²) in [6.07, 6.45) is 0. The average molecular weight is 489 g/mol. The van der Waals surface area contributed by atoms with Crippen molar-refractivity contribution in [3.63, 3.8) is 0 Å². The molecule has 3 heteroatoms. The predicted molar refractivity (Wildman–Crippen MR) is 146 cm³/mol. The maximum atomic E-state index is 6.49. The molecule has 0 saturated heterocycles. The summed E-state index contributed by atoms with van der Waals surface area (Å²) in [4.78, 5) is 2.69. The SMILES string of the molecule is Clc1ccc2sc3ccc4c(c3c2c1)Sc1ccccc1C41c2ccccc2-c2ccccc21. The fourth-order valence-corrected chi connectivity index (χ4v) is 8.83. The van der Waals surface area contributed by atoms with Gasteiger partial charge in [-0.05, 0) is 63.7 Å². The van der Waals surface area contributed by atoms with Crippen LogP contribution in [0.4, 0.5) is 0 Å². The molecule has 0 radical (unpaired) electrons. The maximum Gasteiger partial charge on any atom is 0.0735 e. The first-order valence-corrected chi connectivity index (χ1v) is 13.4. The lowest BCUT2D eigenvalue weighted by atomic mass is 9.67. The Morgan fingerprint density at radius 1 is 0.588 bits per heavy atom. The van der Waals surface area contributed by atoms with Crippen LogP contribution in [0.2, 0.25) is 5.02 Å². The van der Waals surface area contributed by atoms with Crippen LogP contribution in [0.3, 0.4) is 0 Å². The van der Waals surface area contributed by atoms with Crippen LogP contribution in [0.1, 0.15) is 22.3 Å². The van der Waals surface area contributed by atoms with Crippen molar-refractivity contribution in [3.05, 3.63) is 130 Å². The van der Waals surface area contributed by atoms with Crippen LogP contribution in [0.25, 0.3) is 31.3 Å². The van der Waals surface area contributed by atoms with Crippen LogP contribution < -0.4 is 0 Å². The van der Waals surface area contributed by atoms with E-state index in [0.29, 0.717) is 0 Å². The van der Waals surface area contributed by atoms with Gasteiger partial charge in [-0.1, -0.05) is 96.2 Å². The molecule has 1 aliphatic carbocycles. The zero-order valence-electron chi connectivity index (χ0n) is 18.0. The molecule has 5 aromatic carbocycles. The molecule has 34 heavy (non-hydrogen) atoms. The van der Waals surface area contributed by atoms with Crippen molar-refractivity contribution < 1.29 is 0 Å². The Labute approximate surface area is 210 Å². The minimum absolute atomic E-state index is 0.328. The minimum atomic E-state index is -0.328. The van der Waals surface area contributed by atoms with Crippen LogP contribution in [-0.2, 0) is 5.41 Å². The van der Waals surface area contributed by atoms with Gasteiger partial charge in [-0.2, -0.15) is 0 Å². The number of hydrogen-bond donors (Lipinski definition) is 0. The smallest absolute Gasteiger partial charge is 0.0735 e. The molecule has 1 spiro atoms. The molecule has 0 atom stereocenters. The third-order valence-corrected chi connectivity index (χ3v) is 9.98. The highest BCUT2D eigenvalue weighted by Gasteiger charge is 2.50. The van der Waals surface area contributed by atoms with E-state index in [9.17, 15) is 0 Å². The number of thiophene rings is 1. The quantitative estimate of drug-likeness (QED) is 0.205. The third-order valence-electron chi connectivity index (χ3n) is 7.41. The van der Waals surface area contributed by atoms with Crippen LogP contribution in [-0.4, -0.2) is 0 Å². The molecule has 1 aromatic heterocycles.